The molecule has 6 heteroatoms. The zero-order valence-corrected chi connectivity index (χ0v) is 14.1. The first-order valence-corrected chi connectivity index (χ1v) is 10.7. The van der Waals surface area contributed by atoms with E-state index in [9.17, 15) is 8.42 Å². The predicted molar refractivity (Wildman–Crippen MR) is 86.4 cm³/mol. The second-order valence-corrected chi connectivity index (χ2v) is 9.62. The van der Waals surface area contributed by atoms with Gasteiger partial charge in [0.25, 0.3) is 0 Å². The van der Waals surface area contributed by atoms with E-state index < -0.39 is 10.0 Å². The van der Waals surface area contributed by atoms with Crippen molar-refractivity contribution in [1.29, 1.82) is 0 Å². The molecule has 2 fully saturated rings. The molecule has 2 unspecified atom stereocenters. The molecular weight excluding hydrogens is 292 g/mol. The zero-order chi connectivity index (χ0) is 14.6. The molecule has 0 aromatic heterocycles. The normalized spacial score (nSPS) is 28.4. The number of nitrogens with two attached hydrogens (primary N) is 1. The van der Waals surface area contributed by atoms with Crippen molar-refractivity contribution >= 4 is 21.8 Å². The fraction of sp³-hybridized carbons (Fsp3) is 1.00. The average molecular weight is 321 g/mol. The summed E-state index contributed by atoms with van der Waals surface area (Å²) in [5, 5.41) is 0. The number of hydrogen-bond acceptors (Lipinski definition) is 4. The summed E-state index contributed by atoms with van der Waals surface area (Å²) < 4.78 is 24.9. The fourth-order valence-electron chi connectivity index (χ4n) is 3.46. The first-order valence-electron chi connectivity index (χ1n) is 7.73. The van der Waals surface area contributed by atoms with Gasteiger partial charge in [0.2, 0.25) is 10.0 Å². The van der Waals surface area contributed by atoms with E-state index >= 15 is 0 Å². The van der Waals surface area contributed by atoms with E-state index in [1.165, 1.54) is 30.6 Å². The highest BCUT2D eigenvalue weighted by Crippen LogP contribution is 2.29. The van der Waals surface area contributed by atoms with Crippen molar-refractivity contribution in [2.75, 3.05) is 30.9 Å². The monoisotopic (exact) mass is 320 g/mol. The largest absolute Gasteiger partial charge is 0.328 e. The lowest BCUT2D eigenvalue weighted by atomic mass is 9.87. The third-order valence-electron chi connectivity index (χ3n) is 4.56. The van der Waals surface area contributed by atoms with Crippen molar-refractivity contribution < 1.29 is 8.42 Å². The van der Waals surface area contributed by atoms with Crippen LogP contribution in [-0.4, -0.2) is 49.6 Å². The van der Waals surface area contributed by atoms with Gasteiger partial charge in [-0.05, 0) is 61.9 Å². The Bertz CT molecular complexity index is 394. The first-order chi connectivity index (χ1) is 9.45. The van der Waals surface area contributed by atoms with E-state index in [2.05, 4.69) is 11.8 Å². The van der Waals surface area contributed by atoms with Gasteiger partial charge in [0.05, 0.1) is 6.26 Å². The van der Waals surface area contributed by atoms with Gasteiger partial charge in [-0.2, -0.15) is 11.8 Å². The molecule has 2 saturated heterocycles. The van der Waals surface area contributed by atoms with E-state index in [1.54, 1.807) is 4.31 Å². The maximum absolute atomic E-state index is 11.6. The van der Waals surface area contributed by atoms with Crippen LogP contribution in [0.3, 0.4) is 0 Å². The van der Waals surface area contributed by atoms with Crippen LogP contribution < -0.4 is 5.73 Å². The molecule has 0 bridgehead atoms. The molecule has 4 nitrogen and oxygen atoms in total. The molecule has 0 saturated carbocycles. The molecule has 2 aliphatic heterocycles. The maximum Gasteiger partial charge on any atom is 0.211 e. The minimum atomic E-state index is -3.03. The molecule has 0 aromatic carbocycles. The van der Waals surface area contributed by atoms with Gasteiger partial charge >= 0.3 is 0 Å². The minimum absolute atomic E-state index is 0.243. The lowest BCUT2D eigenvalue weighted by Gasteiger charge is -2.33. The number of thioether (sulfide) groups is 1. The van der Waals surface area contributed by atoms with Gasteiger partial charge < -0.3 is 5.73 Å². The van der Waals surface area contributed by atoms with Crippen molar-refractivity contribution in [3.05, 3.63) is 0 Å². The Labute approximate surface area is 127 Å². The van der Waals surface area contributed by atoms with Crippen LogP contribution in [0.15, 0.2) is 0 Å². The molecule has 0 spiro atoms. The third kappa shape index (κ3) is 5.20. The van der Waals surface area contributed by atoms with Crippen molar-refractivity contribution in [3.63, 3.8) is 0 Å². The SMILES string of the molecule is CS(=O)(=O)N1CCCC(CC(N)CC2CCSCC2)C1. The van der Waals surface area contributed by atoms with Crippen LogP contribution in [-0.2, 0) is 10.0 Å². The van der Waals surface area contributed by atoms with Crippen molar-refractivity contribution in [3.8, 4) is 0 Å². The van der Waals surface area contributed by atoms with Crippen LogP contribution in [0.2, 0.25) is 0 Å². The van der Waals surface area contributed by atoms with Gasteiger partial charge in [0.15, 0.2) is 0 Å². The minimum Gasteiger partial charge on any atom is -0.328 e. The molecule has 2 aliphatic rings. The average Bonchev–Trinajstić information content (AvgIpc) is 2.39. The molecular formula is C14H28N2O2S2. The van der Waals surface area contributed by atoms with E-state index in [4.69, 9.17) is 5.73 Å². The number of piperidine rings is 1. The number of sulfonamides is 1. The smallest absolute Gasteiger partial charge is 0.211 e. The second kappa shape index (κ2) is 7.47. The summed E-state index contributed by atoms with van der Waals surface area (Å²) in [7, 11) is -3.03. The van der Waals surface area contributed by atoms with Crippen molar-refractivity contribution in [2.24, 2.45) is 17.6 Å². The van der Waals surface area contributed by atoms with E-state index in [-0.39, 0.29) is 6.04 Å². The Morgan fingerprint density at radius 1 is 1.20 bits per heavy atom. The Morgan fingerprint density at radius 3 is 2.50 bits per heavy atom. The van der Waals surface area contributed by atoms with Gasteiger partial charge in [0, 0.05) is 19.1 Å². The van der Waals surface area contributed by atoms with Gasteiger partial charge in [-0.3, -0.25) is 0 Å². The van der Waals surface area contributed by atoms with E-state index in [0.29, 0.717) is 19.0 Å². The van der Waals surface area contributed by atoms with Crippen LogP contribution in [0.5, 0.6) is 0 Å². The lowest BCUT2D eigenvalue weighted by Crippen LogP contribution is -2.41. The fourth-order valence-corrected chi connectivity index (χ4v) is 5.60. The van der Waals surface area contributed by atoms with Gasteiger partial charge in [-0.25, -0.2) is 12.7 Å². The van der Waals surface area contributed by atoms with Crippen LogP contribution in [0, 0.1) is 11.8 Å². The quantitative estimate of drug-likeness (QED) is 0.840. The lowest BCUT2D eigenvalue weighted by molar-refractivity contribution is 0.237. The summed E-state index contributed by atoms with van der Waals surface area (Å²) in [6.07, 6.45) is 8.13. The predicted octanol–water partition coefficient (Wildman–Crippen LogP) is 1.91. The molecule has 2 atom stereocenters. The molecule has 0 radical (unpaired) electrons. The Morgan fingerprint density at radius 2 is 1.85 bits per heavy atom. The highest BCUT2D eigenvalue weighted by molar-refractivity contribution is 7.99. The second-order valence-electron chi connectivity index (χ2n) is 6.42. The molecule has 2 heterocycles. The highest BCUT2D eigenvalue weighted by Gasteiger charge is 2.27. The summed E-state index contributed by atoms with van der Waals surface area (Å²) in [5.74, 6) is 3.80. The van der Waals surface area contributed by atoms with Crippen LogP contribution in [0.4, 0.5) is 0 Å². The zero-order valence-electron chi connectivity index (χ0n) is 12.5. The van der Waals surface area contributed by atoms with Crippen molar-refractivity contribution in [1.82, 2.24) is 4.31 Å². The van der Waals surface area contributed by atoms with E-state index in [1.807, 2.05) is 0 Å². The number of nitrogens with zero attached hydrogens (tertiary/aromatic N) is 1. The molecule has 118 valence electrons. The third-order valence-corrected chi connectivity index (χ3v) is 6.88. The Balaban J connectivity index is 1.77. The maximum atomic E-state index is 11.6. The summed E-state index contributed by atoms with van der Waals surface area (Å²) in [6, 6.07) is 0.243. The summed E-state index contributed by atoms with van der Waals surface area (Å²) >= 11 is 2.05. The van der Waals surface area contributed by atoms with Crippen LogP contribution in [0.1, 0.15) is 38.5 Å². The van der Waals surface area contributed by atoms with Gasteiger partial charge in [-0.1, -0.05) is 0 Å². The van der Waals surface area contributed by atoms with Crippen LogP contribution in [0.25, 0.3) is 0 Å². The van der Waals surface area contributed by atoms with E-state index in [0.717, 1.165) is 31.6 Å². The van der Waals surface area contributed by atoms with Crippen LogP contribution >= 0.6 is 11.8 Å². The summed E-state index contributed by atoms with van der Waals surface area (Å²) in [6.45, 7) is 1.36. The first kappa shape index (κ1) is 16.6. The topological polar surface area (TPSA) is 63.4 Å². The Hall–Kier alpha value is 0.220. The van der Waals surface area contributed by atoms with Gasteiger partial charge in [-0.15, -0.1) is 0 Å². The number of hydrogen-bond donors (Lipinski definition) is 1. The number of rotatable bonds is 5. The summed E-state index contributed by atoms with van der Waals surface area (Å²) in [5.41, 5.74) is 6.32. The highest BCUT2D eigenvalue weighted by atomic mass is 32.2. The molecule has 0 amide bonds. The standard InChI is InChI=1S/C14H28N2O2S2/c1-20(17,18)16-6-2-3-13(11-16)10-14(15)9-12-4-7-19-8-5-12/h12-14H,2-11,15H2,1H3. The molecule has 2 rings (SSSR count). The molecule has 0 aromatic rings. The molecule has 2 N–H and O–H groups in total. The molecule has 20 heavy (non-hydrogen) atoms. The molecule has 0 aliphatic carbocycles. The van der Waals surface area contributed by atoms with Crippen molar-refractivity contribution in [2.45, 2.75) is 44.6 Å². The summed E-state index contributed by atoms with van der Waals surface area (Å²) in [4.78, 5) is 0. The Kier molecular flexibility index (Phi) is 6.20. The van der Waals surface area contributed by atoms with Gasteiger partial charge in [0.1, 0.15) is 0 Å².